The van der Waals surface area contributed by atoms with Crippen LogP contribution in [0.4, 0.5) is 5.95 Å². The first-order valence-corrected chi connectivity index (χ1v) is 8.15. The third-order valence-corrected chi connectivity index (χ3v) is 4.02. The van der Waals surface area contributed by atoms with Crippen molar-refractivity contribution in [1.82, 2.24) is 26.1 Å². The van der Waals surface area contributed by atoms with E-state index in [0.717, 1.165) is 5.56 Å². The van der Waals surface area contributed by atoms with Gasteiger partial charge < -0.3 is 10.6 Å². The number of nitrogens with one attached hydrogen (secondary N) is 4. The maximum absolute atomic E-state index is 12.2. The van der Waals surface area contributed by atoms with Gasteiger partial charge in [0.25, 0.3) is 0 Å². The van der Waals surface area contributed by atoms with E-state index in [-0.39, 0.29) is 18.0 Å². The number of carbonyl (C=O) groups is 1. The molecule has 2 atom stereocenters. The maximum atomic E-state index is 12.2. The monoisotopic (exact) mass is 346 g/mol. The van der Waals surface area contributed by atoms with Crippen molar-refractivity contribution < 1.29 is 4.79 Å². The van der Waals surface area contributed by atoms with Gasteiger partial charge in [-0.15, -0.1) is 0 Å². The fourth-order valence-electron chi connectivity index (χ4n) is 2.52. The molecule has 1 aliphatic rings. The number of hydrogen-bond acceptors (Lipinski definition) is 6. The summed E-state index contributed by atoms with van der Waals surface area (Å²) in [6, 6.07) is 9.21. The van der Waals surface area contributed by atoms with Crippen molar-refractivity contribution in [2.45, 2.75) is 18.5 Å². The van der Waals surface area contributed by atoms with Gasteiger partial charge in [0.05, 0.1) is 0 Å². The Morgan fingerprint density at radius 1 is 1.17 bits per heavy atom. The molecule has 1 aromatic heterocycles. The van der Waals surface area contributed by atoms with Crippen LogP contribution in [0.15, 0.2) is 42.7 Å². The summed E-state index contributed by atoms with van der Waals surface area (Å²) in [5.41, 5.74) is 7.29. The van der Waals surface area contributed by atoms with Gasteiger partial charge in [-0.3, -0.25) is 4.79 Å². The molecule has 2 aromatic rings. The van der Waals surface area contributed by atoms with Gasteiger partial charge in [0, 0.05) is 36.5 Å². The van der Waals surface area contributed by atoms with E-state index in [1.165, 1.54) is 0 Å². The summed E-state index contributed by atoms with van der Waals surface area (Å²) in [7, 11) is 0. The number of hydrazine groups is 1. The molecule has 2 heterocycles. The second kappa shape index (κ2) is 8.05. The molecule has 1 fully saturated rings. The minimum atomic E-state index is -0.265. The summed E-state index contributed by atoms with van der Waals surface area (Å²) < 4.78 is 0. The highest BCUT2D eigenvalue weighted by Gasteiger charge is 2.29. The quantitative estimate of drug-likeness (QED) is 0.589. The largest absolute Gasteiger partial charge is 0.353 e. The first-order valence-electron chi connectivity index (χ1n) is 7.77. The zero-order valence-corrected chi connectivity index (χ0v) is 13.8. The van der Waals surface area contributed by atoms with Crippen molar-refractivity contribution >= 4 is 23.5 Å². The number of amides is 1. The summed E-state index contributed by atoms with van der Waals surface area (Å²) in [6.45, 7) is 1.07. The summed E-state index contributed by atoms with van der Waals surface area (Å²) >= 11 is 5.90. The maximum Gasteiger partial charge on any atom is 0.238 e. The zero-order chi connectivity index (χ0) is 16.8. The van der Waals surface area contributed by atoms with Crippen LogP contribution < -0.4 is 21.5 Å². The molecule has 4 N–H and O–H groups in total. The molecule has 0 bridgehead atoms. The average Bonchev–Trinajstić information content (AvgIpc) is 3.10. The van der Waals surface area contributed by atoms with E-state index in [1.807, 2.05) is 24.3 Å². The van der Waals surface area contributed by atoms with Crippen molar-refractivity contribution in [2.24, 2.45) is 0 Å². The molecule has 1 aromatic carbocycles. The van der Waals surface area contributed by atoms with Crippen LogP contribution >= 0.6 is 11.6 Å². The van der Waals surface area contributed by atoms with E-state index in [1.54, 1.807) is 18.5 Å². The first-order chi connectivity index (χ1) is 11.7. The first kappa shape index (κ1) is 16.6. The lowest BCUT2D eigenvalue weighted by molar-refractivity contribution is -0.122. The fourth-order valence-corrected chi connectivity index (χ4v) is 2.64. The van der Waals surface area contributed by atoms with Gasteiger partial charge in [0.1, 0.15) is 6.04 Å². The Labute approximate surface area is 145 Å². The van der Waals surface area contributed by atoms with Crippen LogP contribution in [0, 0.1) is 0 Å². The molecule has 2 unspecified atom stereocenters. The van der Waals surface area contributed by atoms with Gasteiger partial charge in [-0.05, 0) is 30.2 Å². The summed E-state index contributed by atoms with van der Waals surface area (Å²) in [6.07, 6.45) is 4.01. The topological polar surface area (TPSA) is 91.0 Å². The van der Waals surface area contributed by atoms with Crippen molar-refractivity contribution in [3.05, 3.63) is 53.3 Å². The second-order valence-corrected chi connectivity index (χ2v) is 5.91. The number of rotatable bonds is 6. The highest BCUT2D eigenvalue weighted by Crippen LogP contribution is 2.23. The molecule has 1 aliphatic heterocycles. The highest BCUT2D eigenvalue weighted by molar-refractivity contribution is 6.30. The summed E-state index contributed by atoms with van der Waals surface area (Å²) in [5, 5.41) is 6.64. The van der Waals surface area contributed by atoms with Gasteiger partial charge in [-0.1, -0.05) is 23.7 Å². The molecule has 0 aliphatic carbocycles. The Morgan fingerprint density at radius 3 is 2.67 bits per heavy atom. The predicted molar refractivity (Wildman–Crippen MR) is 92.4 cm³/mol. The minimum Gasteiger partial charge on any atom is -0.353 e. The van der Waals surface area contributed by atoms with Crippen molar-refractivity contribution in [3.63, 3.8) is 0 Å². The van der Waals surface area contributed by atoms with Crippen molar-refractivity contribution in [2.75, 3.05) is 18.4 Å². The Bertz CT molecular complexity index is 666. The smallest absolute Gasteiger partial charge is 0.238 e. The molecule has 1 saturated heterocycles. The van der Waals surface area contributed by atoms with Crippen LogP contribution in [0.5, 0.6) is 0 Å². The average molecular weight is 347 g/mol. The normalized spacial score (nSPS) is 19.9. The van der Waals surface area contributed by atoms with Crippen LogP contribution in [0.3, 0.4) is 0 Å². The van der Waals surface area contributed by atoms with E-state index in [0.29, 0.717) is 30.5 Å². The Hall–Kier alpha value is -2.22. The fraction of sp³-hybridized carbons (Fsp3) is 0.312. The van der Waals surface area contributed by atoms with E-state index in [9.17, 15) is 4.79 Å². The van der Waals surface area contributed by atoms with Gasteiger partial charge in [0.15, 0.2) is 0 Å². The molecule has 126 valence electrons. The van der Waals surface area contributed by atoms with Gasteiger partial charge in [0.2, 0.25) is 11.9 Å². The molecule has 24 heavy (non-hydrogen) atoms. The minimum absolute atomic E-state index is 0.0326. The van der Waals surface area contributed by atoms with Crippen LogP contribution in [0.2, 0.25) is 5.02 Å². The molecule has 8 heteroatoms. The Morgan fingerprint density at radius 2 is 1.92 bits per heavy atom. The predicted octanol–water partition coefficient (Wildman–Crippen LogP) is 1.27. The van der Waals surface area contributed by atoms with Crippen molar-refractivity contribution in [1.29, 1.82) is 0 Å². The molecular formula is C16H19ClN6O. The Kier molecular flexibility index (Phi) is 5.58. The molecular weight excluding hydrogens is 328 g/mol. The van der Waals surface area contributed by atoms with E-state index in [4.69, 9.17) is 11.6 Å². The highest BCUT2D eigenvalue weighted by atomic mass is 35.5. The summed E-state index contributed by atoms with van der Waals surface area (Å²) in [4.78, 5) is 20.3. The van der Waals surface area contributed by atoms with Crippen molar-refractivity contribution in [3.8, 4) is 0 Å². The Balaban J connectivity index is 1.40. The van der Waals surface area contributed by atoms with Gasteiger partial charge >= 0.3 is 0 Å². The second-order valence-electron chi connectivity index (χ2n) is 5.47. The van der Waals surface area contributed by atoms with Gasteiger partial charge in [-0.2, -0.15) is 0 Å². The zero-order valence-electron chi connectivity index (χ0n) is 13.0. The number of benzene rings is 1. The van der Waals surface area contributed by atoms with Crippen LogP contribution in [-0.2, 0) is 4.79 Å². The lowest BCUT2D eigenvalue weighted by Crippen LogP contribution is -2.44. The number of hydrogen-bond donors (Lipinski definition) is 4. The lowest BCUT2D eigenvalue weighted by atomic mass is 10.0. The number of anilines is 1. The van der Waals surface area contributed by atoms with Crippen LogP contribution in [0.25, 0.3) is 0 Å². The lowest BCUT2D eigenvalue weighted by Gasteiger charge is -2.11. The molecule has 1 amide bonds. The molecule has 3 rings (SSSR count). The standard InChI is InChI=1S/C16H19ClN6O/c17-12-4-2-11(3-5-12)13-10-14(23-22-13)15(24)18-8-9-21-16-19-6-1-7-20-16/h1-7,13-14,22-23H,8-10H2,(H,18,24)(H,19,20,21). The third kappa shape index (κ3) is 4.41. The molecule has 0 saturated carbocycles. The third-order valence-electron chi connectivity index (χ3n) is 3.77. The molecule has 7 nitrogen and oxygen atoms in total. The van der Waals surface area contributed by atoms with Gasteiger partial charge in [-0.25, -0.2) is 20.8 Å². The van der Waals surface area contributed by atoms with E-state index < -0.39 is 0 Å². The molecule has 0 radical (unpaired) electrons. The molecule has 0 spiro atoms. The number of halogens is 1. The SMILES string of the molecule is O=C(NCCNc1ncccn1)C1CC(c2ccc(Cl)cc2)NN1. The van der Waals surface area contributed by atoms with Crippen LogP contribution in [-0.4, -0.2) is 35.0 Å². The summed E-state index contributed by atoms with van der Waals surface area (Å²) in [5.74, 6) is 0.518. The van der Waals surface area contributed by atoms with E-state index >= 15 is 0 Å². The van der Waals surface area contributed by atoms with Crippen LogP contribution in [0.1, 0.15) is 18.0 Å². The number of nitrogens with zero attached hydrogens (tertiary/aromatic N) is 2. The van der Waals surface area contributed by atoms with E-state index in [2.05, 4.69) is 31.5 Å². The number of carbonyl (C=O) groups excluding carboxylic acids is 1. The number of aromatic nitrogens is 2.